The fraction of sp³-hybridized carbons (Fsp3) is 0.294. The van der Waals surface area contributed by atoms with E-state index in [1.165, 1.54) is 11.8 Å². The number of hydrogen-bond donors (Lipinski definition) is 3. The van der Waals surface area contributed by atoms with Crippen LogP contribution in [-0.2, 0) is 0 Å². The third-order valence-electron chi connectivity index (χ3n) is 4.29. The zero-order chi connectivity index (χ0) is 16.7. The van der Waals surface area contributed by atoms with E-state index in [9.17, 15) is 15.3 Å². The van der Waals surface area contributed by atoms with E-state index in [1.807, 2.05) is 36.4 Å². The Labute approximate surface area is 142 Å². The summed E-state index contributed by atoms with van der Waals surface area (Å²) in [5.41, 5.74) is 1.64. The normalized spacial score (nSPS) is 27.5. The standard InChI is InChI=1S/C17H17N3O3S/c21-14-9-24-17(16(23)15(14)22)20-8-13(18-19-20)12-6-5-10-3-1-2-4-11(10)7-12/h1-8,14-17,21-23H,9H2/t14-,15+,16-,17-/m1/s1. The van der Waals surface area contributed by atoms with Gasteiger partial charge in [-0.25, -0.2) is 4.68 Å². The largest absolute Gasteiger partial charge is 0.389 e. The predicted octanol–water partition coefficient (Wildman–Crippen LogP) is 1.43. The van der Waals surface area contributed by atoms with Crippen LogP contribution in [0, 0.1) is 0 Å². The molecule has 2 heterocycles. The summed E-state index contributed by atoms with van der Waals surface area (Å²) in [4.78, 5) is 0. The summed E-state index contributed by atoms with van der Waals surface area (Å²) >= 11 is 1.35. The first-order chi connectivity index (χ1) is 11.6. The number of aliphatic hydroxyl groups is 3. The van der Waals surface area contributed by atoms with Crippen LogP contribution in [0.15, 0.2) is 48.7 Å². The molecule has 0 spiro atoms. The van der Waals surface area contributed by atoms with Crippen molar-refractivity contribution >= 4 is 22.5 Å². The lowest BCUT2D eigenvalue weighted by molar-refractivity contribution is -0.0643. The SMILES string of the molecule is O[C@@H]1[C@@H](O)[C@H](n2cc(-c3ccc4ccccc4c3)nn2)SC[C@H]1O. The number of aromatic nitrogens is 3. The van der Waals surface area contributed by atoms with Gasteiger partial charge in [0.25, 0.3) is 0 Å². The highest BCUT2D eigenvalue weighted by Gasteiger charge is 2.38. The van der Waals surface area contributed by atoms with E-state index in [-0.39, 0.29) is 0 Å². The Kier molecular flexibility index (Phi) is 4.01. The molecule has 0 amide bonds. The molecular formula is C17H17N3O3S. The summed E-state index contributed by atoms with van der Waals surface area (Å²) in [7, 11) is 0. The molecule has 2 aromatic carbocycles. The maximum absolute atomic E-state index is 10.2. The summed E-state index contributed by atoms with van der Waals surface area (Å²) in [5, 5.41) is 39.7. The molecule has 0 bridgehead atoms. The van der Waals surface area contributed by atoms with Crippen molar-refractivity contribution in [2.75, 3.05) is 5.75 Å². The van der Waals surface area contributed by atoms with Crippen molar-refractivity contribution in [1.29, 1.82) is 0 Å². The number of benzene rings is 2. The second-order valence-corrected chi connectivity index (χ2v) is 7.07. The second-order valence-electron chi connectivity index (χ2n) is 5.92. The Balaban J connectivity index is 1.64. The first-order valence-corrected chi connectivity index (χ1v) is 8.75. The highest BCUT2D eigenvalue weighted by molar-refractivity contribution is 7.99. The number of hydrogen-bond acceptors (Lipinski definition) is 6. The summed E-state index contributed by atoms with van der Waals surface area (Å²) in [6, 6.07) is 14.2. The van der Waals surface area contributed by atoms with E-state index in [0.29, 0.717) is 11.4 Å². The molecule has 4 atom stereocenters. The molecule has 0 aliphatic carbocycles. The number of rotatable bonds is 2. The van der Waals surface area contributed by atoms with Crippen molar-refractivity contribution in [1.82, 2.24) is 15.0 Å². The van der Waals surface area contributed by atoms with E-state index in [2.05, 4.69) is 16.4 Å². The molecule has 6 nitrogen and oxygen atoms in total. The first kappa shape index (κ1) is 15.6. The maximum Gasteiger partial charge on any atom is 0.127 e. The lowest BCUT2D eigenvalue weighted by Gasteiger charge is -2.34. The summed E-state index contributed by atoms with van der Waals surface area (Å²) in [5.74, 6) is 0.341. The van der Waals surface area contributed by atoms with Gasteiger partial charge in [-0.2, -0.15) is 0 Å². The number of nitrogens with zero attached hydrogens (tertiary/aromatic N) is 3. The van der Waals surface area contributed by atoms with Gasteiger partial charge in [0, 0.05) is 11.3 Å². The molecule has 3 aromatic rings. The van der Waals surface area contributed by atoms with Gasteiger partial charge in [0.2, 0.25) is 0 Å². The van der Waals surface area contributed by atoms with Gasteiger partial charge in [0.1, 0.15) is 23.3 Å². The first-order valence-electron chi connectivity index (χ1n) is 7.70. The van der Waals surface area contributed by atoms with E-state index >= 15 is 0 Å². The Morgan fingerprint density at radius 1 is 1.00 bits per heavy atom. The number of aliphatic hydroxyl groups excluding tert-OH is 3. The quantitative estimate of drug-likeness (QED) is 0.652. The molecule has 1 aliphatic rings. The van der Waals surface area contributed by atoms with Gasteiger partial charge in [0.15, 0.2) is 0 Å². The van der Waals surface area contributed by atoms with E-state index in [1.54, 1.807) is 10.9 Å². The van der Waals surface area contributed by atoms with Crippen molar-refractivity contribution in [3.05, 3.63) is 48.7 Å². The van der Waals surface area contributed by atoms with Crippen LogP contribution >= 0.6 is 11.8 Å². The fourth-order valence-electron chi connectivity index (χ4n) is 2.91. The second kappa shape index (κ2) is 6.18. The van der Waals surface area contributed by atoms with Crippen LogP contribution in [0.2, 0.25) is 0 Å². The summed E-state index contributed by atoms with van der Waals surface area (Å²) < 4.78 is 1.55. The van der Waals surface area contributed by atoms with Crippen molar-refractivity contribution in [3.63, 3.8) is 0 Å². The minimum absolute atomic E-state index is 0.341. The average Bonchev–Trinajstić information content (AvgIpc) is 3.09. The van der Waals surface area contributed by atoms with Gasteiger partial charge < -0.3 is 15.3 Å². The van der Waals surface area contributed by atoms with Crippen LogP contribution in [0.25, 0.3) is 22.0 Å². The minimum Gasteiger partial charge on any atom is -0.389 e. The van der Waals surface area contributed by atoms with Crippen LogP contribution in [-0.4, -0.2) is 54.4 Å². The van der Waals surface area contributed by atoms with E-state index < -0.39 is 23.7 Å². The third kappa shape index (κ3) is 2.69. The summed E-state index contributed by atoms with van der Waals surface area (Å²) in [6.45, 7) is 0. The minimum atomic E-state index is -1.18. The zero-order valence-corrected chi connectivity index (χ0v) is 13.5. The molecular weight excluding hydrogens is 326 g/mol. The molecule has 1 aromatic heterocycles. The van der Waals surface area contributed by atoms with Crippen molar-refractivity contribution in [2.45, 2.75) is 23.7 Å². The average molecular weight is 343 g/mol. The molecule has 1 aliphatic heterocycles. The molecule has 124 valence electrons. The molecule has 0 saturated carbocycles. The highest BCUT2D eigenvalue weighted by Crippen LogP contribution is 2.35. The van der Waals surface area contributed by atoms with Crippen molar-refractivity contribution in [2.24, 2.45) is 0 Å². The Bertz CT molecular complexity index is 869. The van der Waals surface area contributed by atoms with Crippen LogP contribution in [0.5, 0.6) is 0 Å². The molecule has 1 saturated heterocycles. The van der Waals surface area contributed by atoms with Crippen LogP contribution in [0.3, 0.4) is 0 Å². The Morgan fingerprint density at radius 2 is 1.79 bits per heavy atom. The topological polar surface area (TPSA) is 91.4 Å². The molecule has 1 fully saturated rings. The Hall–Kier alpha value is -1.93. The van der Waals surface area contributed by atoms with Crippen molar-refractivity contribution < 1.29 is 15.3 Å². The van der Waals surface area contributed by atoms with Crippen LogP contribution in [0.4, 0.5) is 0 Å². The molecule has 7 heteroatoms. The molecule has 0 unspecified atom stereocenters. The smallest absolute Gasteiger partial charge is 0.127 e. The van der Waals surface area contributed by atoms with Crippen molar-refractivity contribution in [3.8, 4) is 11.3 Å². The van der Waals surface area contributed by atoms with Crippen LogP contribution in [0.1, 0.15) is 5.37 Å². The molecule has 4 rings (SSSR count). The van der Waals surface area contributed by atoms with Gasteiger partial charge in [-0.1, -0.05) is 41.6 Å². The maximum atomic E-state index is 10.2. The fourth-order valence-corrected chi connectivity index (χ4v) is 4.11. The number of thioether (sulfide) groups is 1. The van der Waals surface area contributed by atoms with E-state index in [0.717, 1.165) is 16.3 Å². The monoisotopic (exact) mass is 343 g/mol. The van der Waals surface area contributed by atoms with Gasteiger partial charge in [-0.3, -0.25) is 0 Å². The van der Waals surface area contributed by atoms with Crippen LogP contribution < -0.4 is 0 Å². The zero-order valence-electron chi connectivity index (χ0n) is 12.7. The summed E-state index contributed by atoms with van der Waals surface area (Å²) in [6.07, 6.45) is -1.44. The van der Waals surface area contributed by atoms with Gasteiger partial charge in [-0.15, -0.1) is 16.9 Å². The Morgan fingerprint density at radius 3 is 2.62 bits per heavy atom. The molecule has 24 heavy (non-hydrogen) atoms. The molecule has 3 N–H and O–H groups in total. The van der Waals surface area contributed by atoms with Gasteiger partial charge in [0.05, 0.1) is 12.3 Å². The third-order valence-corrected chi connectivity index (χ3v) is 5.66. The number of fused-ring (bicyclic) bond motifs is 1. The van der Waals surface area contributed by atoms with Gasteiger partial charge in [-0.05, 0) is 16.8 Å². The van der Waals surface area contributed by atoms with E-state index in [4.69, 9.17) is 0 Å². The molecule has 0 radical (unpaired) electrons. The van der Waals surface area contributed by atoms with Gasteiger partial charge >= 0.3 is 0 Å². The predicted molar refractivity (Wildman–Crippen MR) is 92.5 cm³/mol. The lowest BCUT2D eigenvalue weighted by Crippen LogP contribution is -2.47. The highest BCUT2D eigenvalue weighted by atomic mass is 32.2. The lowest BCUT2D eigenvalue weighted by atomic mass is 10.1.